The molecule has 1 aliphatic heterocycles. The molecule has 21 heavy (non-hydrogen) atoms. The number of ketones is 1. The molecule has 112 valence electrons. The minimum atomic E-state index is 0.127. The van der Waals surface area contributed by atoms with Crippen LogP contribution >= 0.6 is 0 Å². The van der Waals surface area contributed by atoms with Gasteiger partial charge < -0.3 is 5.32 Å². The number of nitrogens with zero attached hydrogens (tertiary/aromatic N) is 2. The Bertz CT molecular complexity index is 668. The molecule has 0 bridgehead atoms. The fraction of sp³-hybridized carbons (Fsp3) is 0.529. The Morgan fingerprint density at radius 2 is 2.14 bits per heavy atom. The quantitative estimate of drug-likeness (QED) is 0.882. The topological polar surface area (TPSA) is 46.4 Å². The predicted molar refractivity (Wildman–Crippen MR) is 83.9 cm³/mol. The second-order valence-corrected chi connectivity index (χ2v) is 6.14. The Hall–Kier alpha value is -1.68. The molecular weight excluding hydrogens is 262 g/mol. The van der Waals surface area contributed by atoms with Crippen molar-refractivity contribution in [2.24, 2.45) is 5.92 Å². The first-order valence-corrected chi connectivity index (χ1v) is 7.79. The molecule has 1 N–H and O–H groups in total. The lowest BCUT2D eigenvalue weighted by atomic mass is 9.82. The Labute approximate surface area is 125 Å². The maximum absolute atomic E-state index is 12.0. The van der Waals surface area contributed by atoms with Crippen LogP contribution < -0.4 is 5.32 Å². The standard InChI is InChI=1S/C17H23N3O/c1-11(14-6-9-18-10-7-14)17-12(2)16(13(3)21)15-5-4-8-19-20(15)17/h4-5,8,11,14,18H,6-7,9-10H2,1-3H3. The van der Waals surface area contributed by atoms with Gasteiger partial charge in [0.1, 0.15) is 0 Å². The molecule has 2 aromatic rings. The number of hydrogen-bond donors (Lipinski definition) is 1. The third-order valence-electron chi connectivity index (χ3n) is 4.87. The lowest BCUT2D eigenvalue weighted by Gasteiger charge is -2.28. The molecular formula is C17H23N3O. The van der Waals surface area contributed by atoms with Crippen LogP contribution in [0.2, 0.25) is 0 Å². The van der Waals surface area contributed by atoms with Gasteiger partial charge in [-0.2, -0.15) is 5.10 Å². The van der Waals surface area contributed by atoms with Gasteiger partial charge in [0.25, 0.3) is 0 Å². The molecule has 1 atom stereocenters. The van der Waals surface area contributed by atoms with Crippen LogP contribution in [0.15, 0.2) is 18.3 Å². The highest BCUT2D eigenvalue weighted by atomic mass is 16.1. The average Bonchev–Trinajstić information content (AvgIpc) is 2.79. The number of piperidine rings is 1. The van der Waals surface area contributed by atoms with Gasteiger partial charge in [-0.15, -0.1) is 0 Å². The van der Waals surface area contributed by atoms with Crippen LogP contribution in [0.4, 0.5) is 0 Å². The zero-order valence-electron chi connectivity index (χ0n) is 13.0. The van der Waals surface area contributed by atoms with Crippen LogP contribution in [-0.2, 0) is 0 Å². The highest BCUT2D eigenvalue weighted by molar-refractivity contribution is 6.03. The van der Waals surface area contributed by atoms with Crippen molar-refractivity contribution >= 4 is 11.3 Å². The summed E-state index contributed by atoms with van der Waals surface area (Å²) in [4.78, 5) is 12.0. The molecule has 1 fully saturated rings. The predicted octanol–water partition coefficient (Wildman–Crippen LogP) is 2.95. The minimum absolute atomic E-state index is 0.127. The fourth-order valence-corrected chi connectivity index (χ4v) is 3.78. The Kier molecular flexibility index (Phi) is 3.81. The zero-order chi connectivity index (χ0) is 15.0. The van der Waals surface area contributed by atoms with Crippen molar-refractivity contribution in [2.75, 3.05) is 13.1 Å². The first kappa shape index (κ1) is 14.3. The van der Waals surface area contributed by atoms with Gasteiger partial charge in [0, 0.05) is 23.4 Å². The number of hydrogen-bond acceptors (Lipinski definition) is 3. The number of rotatable bonds is 3. The summed E-state index contributed by atoms with van der Waals surface area (Å²) in [6.07, 6.45) is 4.18. The van der Waals surface area contributed by atoms with Crippen molar-refractivity contribution in [3.63, 3.8) is 0 Å². The van der Waals surface area contributed by atoms with E-state index < -0.39 is 0 Å². The first-order valence-electron chi connectivity index (χ1n) is 7.79. The second kappa shape index (κ2) is 5.60. The largest absolute Gasteiger partial charge is 0.317 e. The van der Waals surface area contributed by atoms with Crippen LogP contribution in [-0.4, -0.2) is 28.5 Å². The Morgan fingerprint density at radius 3 is 2.81 bits per heavy atom. The molecule has 0 amide bonds. The summed E-state index contributed by atoms with van der Waals surface area (Å²) in [7, 11) is 0. The van der Waals surface area contributed by atoms with E-state index in [0.29, 0.717) is 11.8 Å². The number of carbonyl (C=O) groups is 1. The molecule has 4 nitrogen and oxygen atoms in total. The normalized spacial score (nSPS) is 18.0. The van der Waals surface area contributed by atoms with Gasteiger partial charge in [-0.25, -0.2) is 4.52 Å². The van der Waals surface area contributed by atoms with E-state index in [9.17, 15) is 4.79 Å². The molecule has 0 aliphatic carbocycles. The zero-order valence-corrected chi connectivity index (χ0v) is 13.0. The van der Waals surface area contributed by atoms with Crippen molar-refractivity contribution in [3.05, 3.63) is 35.2 Å². The number of Topliss-reactive ketones (excluding diaryl/α,β-unsaturated/α-hetero) is 1. The molecule has 1 saturated heterocycles. The maximum Gasteiger partial charge on any atom is 0.162 e. The molecule has 2 aromatic heterocycles. The van der Waals surface area contributed by atoms with Crippen LogP contribution in [0.1, 0.15) is 54.2 Å². The fourth-order valence-electron chi connectivity index (χ4n) is 3.78. The van der Waals surface area contributed by atoms with Crippen molar-refractivity contribution in [3.8, 4) is 0 Å². The van der Waals surface area contributed by atoms with Crippen molar-refractivity contribution in [1.82, 2.24) is 14.9 Å². The molecule has 0 saturated carbocycles. The van der Waals surface area contributed by atoms with Crippen molar-refractivity contribution in [1.29, 1.82) is 0 Å². The third kappa shape index (κ3) is 2.38. The number of fused-ring (bicyclic) bond motifs is 1. The van der Waals surface area contributed by atoms with Gasteiger partial charge in [0.05, 0.1) is 5.52 Å². The molecule has 0 radical (unpaired) electrons. The van der Waals surface area contributed by atoms with Gasteiger partial charge >= 0.3 is 0 Å². The van der Waals surface area contributed by atoms with Gasteiger partial charge in [-0.05, 0) is 63.4 Å². The van der Waals surface area contributed by atoms with Gasteiger partial charge in [-0.1, -0.05) is 6.92 Å². The highest BCUT2D eigenvalue weighted by Gasteiger charge is 2.28. The summed E-state index contributed by atoms with van der Waals surface area (Å²) in [6, 6.07) is 3.90. The smallest absolute Gasteiger partial charge is 0.162 e. The van der Waals surface area contributed by atoms with Crippen molar-refractivity contribution < 1.29 is 4.79 Å². The summed E-state index contributed by atoms with van der Waals surface area (Å²) in [5, 5.41) is 7.93. The first-order chi connectivity index (χ1) is 10.1. The maximum atomic E-state index is 12.0. The van der Waals surface area contributed by atoms with E-state index in [1.54, 1.807) is 13.1 Å². The van der Waals surface area contributed by atoms with E-state index >= 15 is 0 Å². The molecule has 0 spiro atoms. The average molecular weight is 285 g/mol. The molecule has 3 rings (SSSR count). The van der Waals surface area contributed by atoms with Gasteiger partial charge in [0.15, 0.2) is 5.78 Å². The van der Waals surface area contributed by atoms with Crippen LogP contribution in [0.25, 0.3) is 5.52 Å². The minimum Gasteiger partial charge on any atom is -0.317 e. The summed E-state index contributed by atoms with van der Waals surface area (Å²) in [5.41, 5.74) is 4.09. The lowest BCUT2D eigenvalue weighted by Crippen LogP contribution is -2.30. The van der Waals surface area contributed by atoms with E-state index in [4.69, 9.17) is 0 Å². The van der Waals surface area contributed by atoms with Gasteiger partial charge in [-0.3, -0.25) is 4.79 Å². The molecule has 1 aliphatic rings. The molecule has 4 heteroatoms. The van der Waals surface area contributed by atoms with E-state index in [0.717, 1.165) is 29.7 Å². The summed E-state index contributed by atoms with van der Waals surface area (Å²) in [5.74, 6) is 1.20. The van der Waals surface area contributed by atoms with E-state index in [1.807, 2.05) is 16.6 Å². The lowest BCUT2D eigenvalue weighted by molar-refractivity contribution is 0.101. The summed E-state index contributed by atoms with van der Waals surface area (Å²) < 4.78 is 1.98. The summed E-state index contributed by atoms with van der Waals surface area (Å²) >= 11 is 0. The monoisotopic (exact) mass is 285 g/mol. The SMILES string of the molecule is CC(=O)c1c(C)c(C(C)C2CCNCC2)n2ncccc12. The summed E-state index contributed by atoms with van der Waals surface area (Å²) in [6.45, 7) is 8.17. The van der Waals surface area contributed by atoms with Crippen molar-refractivity contribution in [2.45, 2.75) is 39.5 Å². The number of carbonyl (C=O) groups excluding carboxylic acids is 1. The van der Waals surface area contributed by atoms with Crippen LogP contribution in [0.3, 0.4) is 0 Å². The Balaban J connectivity index is 2.13. The Morgan fingerprint density at radius 1 is 1.43 bits per heavy atom. The number of nitrogens with one attached hydrogen (secondary N) is 1. The van der Waals surface area contributed by atoms with E-state index in [1.165, 1.54) is 18.5 Å². The molecule has 1 unspecified atom stereocenters. The molecule has 3 heterocycles. The third-order valence-corrected chi connectivity index (χ3v) is 4.87. The van der Waals surface area contributed by atoms with E-state index in [2.05, 4.69) is 24.3 Å². The molecule has 0 aromatic carbocycles. The van der Waals surface area contributed by atoms with E-state index in [-0.39, 0.29) is 5.78 Å². The number of aromatic nitrogens is 2. The highest BCUT2D eigenvalue weighted by Crippen LogP contribution is 2.35. The van der Waals surface area contributed by atoms with Gasteiger partial charge in [0.2, 0.25) is 0 Å². The van der Waals surface area contributed by atoms with Crippen LogP contribution in [0.5, 0.6) is 0 Å². The second-order valence-electron chi connectivity index (χ2n) is 6.14. The van der Waals surface area contributed by atoms with Crippen LogP contribution in [0, 0.1) is 12.8 Å².